The van der Waals surface area contributed by atoms with Crippen LogP contribution in [0.15, 0.2) is 0 Å². The van der Waals surface area contributed by atoms with E-state index in [1.807, 2.05) is 0 Å². The number of hydrogen-bond donors (Lipinski definition) is 5. The summed E-state index contributed by atoms with van der Waals surface area (Å²) in [6.45, 7) is 12.0. The molecule has 0 spiro atoms. The molecule has 0 amide bonds. The number of nitrogens with one attached hydrogen (secondary N) is 3. The van der Waals surface area contributed by atoms with Gasteiger partial charge in [-0.15, -0.1) is 0 Å². The van der Waals surface area contributed by atoms with Crippen LogP contribution in [-0.2, 0) is 0 Å². The van der Waals surface area contributed by atoms with Crippen LogP contribution in [0.2, 0.25) is 0 Å². The summed E-state index contributed by atoms with van der Waals surface area (Å²) in [7, 11) is 0. The first-order valence-corrected chi connectivity index (χ1v) is 7.90. The number of nitrogens with two attached hydrogens (primary N) is 2. The Kier molecular flexibility index (Phi) is 6.20. The molecule has 0 bridgehead atoms. The van der Waals surface area contributed by atoms with Gasteiger partial charge in [0, 0.05) is 38.8 Å². The van der Waals surface area contributed by atoms with Crippen LogP contribution in [0.25, 0.3) is 0 Å². The van der Waals surface area contributed by atoms with Crippen molar-refractivity contribution in [2.45, 2.75) is 24.5 Å². The average molecular weight is 283 g/mol. The van der Waals surface area contributed by atoms with Crippen molar-refractivity contribution < 1.29 is 0 Å². The second-order valence-electron chi connectivity index (χ2n) is 6.06. The van der Waals surface area contributed by atoms with Crippen LogP contribution in [0, 0.1) is 12.8 Å². The van der Waals surface area contributed by atoms with Gasteiger partial charge in [0.2, 0.25) is 0 Å². The minimum absolute atomic E-state index is 0.180. The Hall–Kier alpha value is -0.240. The molecule has 2 saturated heterocycles. The van der Waals surface area contributed by atoms with Gasteiger partial charge in [0.1, 0.15) is 0 Å². The fourth-order valence-corrected chi connectivity index (χ4v) is 3.41. The van der Waals surface area contributed by atoms with Crippen molar-refractivity contribution in [1.29, 1.82) is 0 Å². The highest BCUT2D eigenvalue weighted by molar-refractivity contribution is 5.03. The lowest BCUT2D eigenvalue weighted by Crippen LogP contribution is -2.68. The van der Waals surface area contributed by atoms with Crippen molar-refractivity contribution in [3.63, 3.8) is 0 Å². The standard InChI is InChI=1S/C14H31N6/c1-14(16,20-9-2-5-17-8-10-20)13-12(3-4-15)11-18-6-7-19-13/h12-13,17-19H,1-11,15-16H2. The summed E-state index contributed by atoms with van der Waals surface area (Å²) >= 11 is 0. The highest BCUT2D eigenvalue weighted by atomic mass is 15.3. The van der Waals surface area contributed by atoms with E-state index in [1.165, 1.54) is 0 Å². The second kappa shape index (κ2) is 7.68. The molecule has 6 heteroatoms. The van der Waals surface area contributed by atoms with Gasteiger partial charge in [0.25, 0.3) is 0 Å². The number of rotatable bonds is 4. The van der Waals surface area contributed by atoms with Gasteiger partial charge in [0.15, 0.2) is 0 Å². The van der Waals surface area contributed by atoms with E-state index in [-0.39, 0.29) is 6.04 Å². The molecular weight excluding hydrogens is 252 g/mol. The van der Waals surface area contributed by atoms with Crippen molar-refractivity contribution in [1.82, 2.24) is 20.9 Å². The summed E-state index contributed by atoms with van der Waals surface area (Å²) in [5.41, 5.74) is 11.9. The molecule has 2 aliphatic heterocycles. The first kappa shape index (κ1) is 16.1. The molecule has 2 aliphatic rings. The molecule has 0 aromatic rings. The highest BCUT2D eigenvalue weighted by Gasteiger charge is 2.40. The van der Waals surface area contributed by atoms with E-state index in [9.17, 15) is 0 Å². The first-order valence-electron chi connectivity index (χ1n) is 7.90. The van der Waals surface area contributed by atoms with Crippen LogP contribution < -0.4 is 27.4 Å². The average Bonchev–Trinajstić information content (AvgIpc) is 2.81. The maximum Gasteiger partial charge on any atom is 0.0849 e. The zero-order valence-corrected chi connectivity index (χ0v) is 12.5. The third-order valence-electron chi connectivity index (χ3n) is 4.55. The quantitative estimate of drug-likeness (QED) is 0.422. The van der Waals surface area contributed by atoms with Crippen molar-refractivity contribution in [2.24, 2.45) is 17.4 Å². The molecule has 2 fully saturated rings. The van der Waals surface area contributed by atoms with Crippen LogP contribution in [0.5, 0.6) is 0 Å². The molecule has 3 unspecified atom stereocenters. The van der Waals surface area contributed by atoms with E-state index < -0.39 is 5.66 Å². The maximum absolute atomic E-state index is 6.68. The van der Waals surface area contributed by atoms with Gasteiger partial charge in [-0.1, -0.05) is 0 Å². The summed E-state index contributed by atoms with van der Waals surface area (Å²) in [4.78, 5) is 2.33. The van der Waals surface area contributed by atoms with E-state index in [0.717, 1.165) is 58.7 Å². The van der Waals surface area contributed by atoms with E-state index >= 15 is 0 Å². The second-order valence-corrected chi connectivity index (χ2v) is 6.06. The first-order chi connectivity index (χ1) is 9.66. The predicted molar refractivity (Wildman–Crippen MR) is 83.2 cm³/mol. The third kappa shape index (κ3) is 3.90. The fraction of sp³-hybridized carbons (Fsp3) is 0.929. The third-order valence-corrected chi connectivity index (χ3v) is 4.55. The monoisotopic (exact) mass is 283 g/mol. The smallest absolute Gasteiger partial charge is 0.0849 e. The van der Waals surface area contributed by atoms with Crippen molar-refractivity contribution in [3.8, 4) is 0 Å². The summed E-state index contributed by atoms with van der Waals surface area (Å²) in [6, 6.07) is 0.180. The summed E-state index contributed by atoms with van der Waals surface area (Å²) in [5, 5.41) is 10.5. The predicted octanol–water partition coefficient (Wildman–Crippen LogP) is -1.70. The lowest BCUT2D eigenvalue weighted by Gasteiger charge is -2.46. The molecule has 6 nitrogen and oxygen atoms in total. The number of hydrogen-bond acceptors (Lipinski definition) is 6. The van der Waals surface area contributed by atoms with Crippen LogP contribution in [0.4, 0.5) is 0 Å². The van der Waals surface area contributed by atoms with Gasteiger partial charge in [0.05, 0.1) is 5.66 Å². The van der Waals surface area contributed by atoms with E-state index in [1.54, 1.807) is 0 Å². The summed E-state index contributed by atoms with van der Waals surface area (Å²) in [6.07, 6.45) is 2.10. The normalized spacial score (nSPS) is 33.1. The molecule has 117 valence electrons. The largest absolute Gasteiger partial charge is 0.330 e. The van der Waals surface area contributed by atoms with E-state index in [4.69, 9.17) is 11.5 Å². The van der Waals surface area contributed by atoms with Crippen molar-refractivity contribution in [2.75, 3.05) is 52.4 Å². The lowest BCUT2D eigenvalue weighted by molar-refractivity contribution is 0.0754. The van der Waals surface area contributed by atoms with Crippen LogP contribution in [0.1, 0.15) is 12.8 Å². The molecule has 0 saturated carbocycles. The van der Waals surface area contributed by atoms with Crippen LogP contribution in [0.3, 0.4) is 0 Å². The maximum atomic E-state index is 6.68. The van der Waals surface area contributed by atoms with Crippen molar-refractivity contribution >= 4 is 0 Å². The summed E-state index contributed by atoms with van der Waals surface area (Å²) < 4.78 is 0. The lowest BCUT2D eigenvalue weighted by atomic mass is 9.86. The number of nitrogens with zero attached hydrogens (tertiary/aromatic N) is 1. The topological polar surface area (TPSA) is 91.4 Å². The fourth-order valence-electron chi connectivity index (χ4n) is 3.41. The molecule has 20 heavy (non-hydrogen) atoms. The molecule has 2 heterocycles. The zero-order chi connectivity index (χ0) is 14.4. The Morgan fingerprint density at radius 3 is 2.80 bits per heavy atom. The Bertz CT molecular complexity index is 275. The van der Waals surface area contributed by atoms with E-state index in [2.05, 4.69) is 27.8 Å². The minimum Gasteiger partial charge on any atom is -0.330 e. The molecule has 0 aromatic carbocycles. The summed E-state index contributed by atoms with van der Waals surface area (Å²) in [5.74, 6) is 0.432. The molecule has 1 radical (unpaired) electrons. The Morgan fingerprint density at radius 1 is 1.15 bits per heavy atom. The van der Waals surface area contributed by atoms with Crippen LogP contribution >= 0.6 is 0 Å². The van der Waals surface area contributed by atoms with Gasteiger partial charge in [-0.3, -0.25) is 4.90 Å². The molecule has 2 rings (SSSR count). The Morgan fingerprint density at radius 2 is 2.00 bits per heavy atom. The Balaban J connectivity index is 2.09. The molecule has 7 N–H and O–H groups in total. The zero-order valence-electron chi connectivity index (χ0n) is 12.5. The highest BCUT2D eigenvalue weighted by Crippen LogP contribution is 2.23. The Labute approximate surface area is 123 Å². The molecule has 3 atom stereocenters. The molecular formula is C14H31N6. The van der Waals surface area contributed by atoms with Gasteiger partial charge in [-0.25, -0.2) is 0 Å². The minimum atomic E-state index is -0.572. The van der Waals surface area contributed by atoms with Gasteiger partial charge in [-0.05, 0) is 45.3 Å². The molecule has 0 aliphatic carbocycles. The van der Waals surface area contributed by atoms with Gasteiger partial charge < -0.3 is 27.4 Å². The van der Waals surface area contributed by atoms with Crippen LogP contribution in [-0.4, -0.2) is 69.0 Å². The molecule has 0 aromatic heterocycles. The van der Waals surface area contributed by atoms with Crippen molar-refractivity contribution in [3.05, 3.63) is 6.92 Å². The van der Waals surface area contributed by atoms with Gasteiger partial charge >= 0.3 is 0 Å². The SMILES string of the molecule is [CH2]C(N)(C1NCCNCC1CCN)N1CCCNCC1. The van der Waals surface area contributed by atoms with Gasteiger partial charge in [-0.2, -0.15) is 0 Å². The van der Waals surface area contributed by atoms with E-state index in [0.29, 0.717) is 12.5 Å².